The lowest BCUT2D eigenvalue weighted by molar-refractivity contribution is -0.114. The van der Waals surface area contributed by atoms with Crippen molar-refractivity contribution in [1.29, 1.82) is 0 Å². The molecule has 0 fully saturated rings. The van der Waals surface area contributed by atoms with Crippen molar-refractivity contribution in [2.45, 2.75) is 16.7 Å². The van der Waals surface area contributed by atoms with E-state index in [4.69, 9.17) is 0 Å². The highest BCUT2D eigenvalue weighted by molar-refractivity contribution is 7.99. The summed E-state index contributed by atoms with van der Waals surface area (Å²) in [6.07, 6.45) is 1.33. The molecule has 0 saturated heterocycles. The number of amides is 1. The minimum absolute atomic E-state index is 0.0564. The van der Waals surface area contributed by atoms with Crippen molar-refractivity contribution in [3.8, 4) is 0 Å². The van der Waals surface area contributed by atoms with Crippen LogP contribution in [0.15, 0.2) is 63.2 Å². The molecule has 0 unspecified atom stereocenters. The maximum atomic E-state index is 12.2. The third-order valence-corrected chi connectivity index (χ3v) is 5.22. The van der Waals surface area contributed by atoms with Crippen molar-refractivity contribution in [2.75, 3.05) is 5.32 Å². The van der Waals surface area contributed by atoms with Crippen LogP contribution in [0, 0.1) is 0 Å². The van der Waals surface area contributed by atoms with Crippen LogP contribution in [0.1, 0.15) is 17.3 Å². The Labute approximate surface area is 162 Å². The zero-order valence-corrected chi connectivity index (χ0v) is 15.5. The number of carboxylic acids is 1. The van der Waals surface area contributed by atoms with Crippen LogP contribution in [0.4, 0.5) is 5.69 Å². The van der Waals surface area contributed by atoms with E-state index in [1.807, 2.05) is 30.3 Å². The van der Waals surface area contributed by atoms with Crippen molar-refractivity contribution < 1.29 is 14.7 Å². The summed E-state index contributed by atoms with van der Waals surface area (Å²) >= 11 is 1.47. The summed E-state index contributed by atoms with van der Waals surface area (Å²) in [7, 11) is 0. The Morgan fingerprint density at radius 2 is 1.89 bits per heavy atom. The third kappa shape index (κ3) is 3.25. The number of fused-ring (bicyclic) bond motifs is 3. The molecule has 140 valence electrons. The molecule has 0 atom stereocenters. The average molecular weight is 393 g/mol. The molecule has 1 amide bonds. The van der Waals surface area contributed by atoms with Gasteiger partial charge in [-0.1, -0.05) is 17.8 Å². The second kappa shape index (κ2) is 6.90. The molecule has 0 saturated carbocycles. The molecule has 8 heteroatoms. The van der Waals surface area contributed by atoms with Gasteiger partial charge in [0.1, 0.15) is 5.52 Å². The van der Waals surface area contributed by atoms with Gasteiger partial charge in [-0.3, -0.25) is 9.59 Å². The van der Waals surface area contributed by atoms with E-state index in [0.29, 0.717) is 22.0 Å². The topological polar surface area (TPSA) is 115 Å². The van der Waals surface area contributed by atoms with Crippen LogP contribution in [0.3, 0.4) is 0 Å². The van der Waals surface area contributed by atoms with Crippen molar-refractivity contribution >= 4 is 51.1 Å². The lowest BCUT2D eigenvalue weighted by Crippen LogP contribution is -2.07. The summed E-state index contributed by atoms with van der Waals surface area (Å²) < 4.78 is 0. The number of hydrogen-bond donors (Lipinski definition) is 4. The van der Waals surface area contributed by atoms with Crippen LogP contribution < -0.4 is 10.9 Å². The molecule has 0 aliphatic rings. The van der Waals surface area contributed by atoms with E-state index >= 15 is 0 Å². The Balaban J connectivity index is 1.81. The monoisotopic (exact) mass is 393 g/mol. The number of aromatic nitrogens is 2. The fourth-order valence-electron chi connectivity index (χ4n) is 3.12. The van der Waals surface area contributed by atoms with Crippen LogP contribution in [0.25, 0.3) is 21.8 Å². The van der Waals surface area contributed by atoms with Gasteiger partial charge in [-0.25, -0.2) is 4.79 Å². The summed E-state index contributed by atoms with van der Waals surface area (Å²) in [4.78, 5) is 42.3. The highest BCUT2D eigenvalue weighted by Crippen LogP contribution is 2.33. The van der Waals surface area contributed by atoms with Crippen LogP contribution in [0.2, 0.25) is 0 Å². The Bertz CT molecular complexity index is 1310. The fraction of sp³-hybridized carbons (Fsp3) is 0.0500. The summed E-state index contributed by atoms with van der Waals surface area (Å²) in [5.74, 6) is -1.24. The molecule has 0 bridgehead atoms. The molecule has 4 N–H and O–H groups in total. The van der Waals surface area contributed by atoms with Gasteiger partial charge >= 0.3 is 5.97 Å². The lowest BCUT2D eigenvalue weighted by atomic mass is 10.1. The van der Waals surface area contributed by atoms with Gasteiger partial charge in [0.25, 0.3) is 5.56 Å². The number of benzene rings is 2. The van der Waals surface area contributed by atoms with Gasteiger partial charge in [0.05, 0.1) is 5.56 Å². The summed E-state index contributed by atoms with van der Waals surface area (Å²) in [6, 6.07) is 12.9. The van der Waals surface area contributed by atoms with Crippen molar-refractivity contribution in [1.82, 2.24) is 9.97 Å². The van der Waals surface area contributed by atoms with Crippen LogP contribution in [-0.4, -0.2) is 27.0 Å². The third-order valence-electron chi connectivity index (χ3n) is 4.24. The maximum Gasteiger partial charge on any atom is 0.337 e. The Hall–Kier alpha value is -3.52. The molecular weight excluding hydrogens is 378 g/mol. The van der Waals surface area contributed by atoms with E-state index in [1.165, 1.54) is 24.9 Å². The van der Waals surface area contributed by atoms with Crippen molar-refractivity contribution in [2.24, 2.45) is 0 Å². The van der Waals surface area contributed by atoms with Gasteiger partial charge in [-0.2, -0.15) is 0 Å². The largest absolute Gasteiger partial charge is 0.478 e. The van der Waals surface area contributed by atoms with Gasteiger partial charge in [0.2, 0.25) is 5.91 Å². The first kappa shape index (κ1) is 17.9. The molecule has 0 aliphatic carbocycles. The zero-order valence-electron chi connectivity index (χ0n) is 14.7. The number of anilines is 1. The molecule has 28 heavy (non-hydrogen) atoms. The van der Waals surface area contributed by atoms with E-state index < -0.39 is 5.97 Å². The number of carbonyl (C=O) groups excluding carboxylic acids is 1. The Morgan fingerprint density at radius 3 is 2.64 bits per heavy atom. The first-order valence-electron chi connectivity index (χ1n) is 8.38. The minimum atomic E-state index is -1.10. The van der Waals surface area contributed by atoms with Crippen LogP contribution in [-0.2, 0) is 4.79 Å². The number of pyridine rings is 1. The smallest absolute Gasteiger partial charge is 0.337 e. The number of carboxylic acid groups (broad SMARTS) is 1. The second-order valence-corrected chi connectivity index (χ2v) is 7.38. The summed E-state index contributed by atoms with van der Waals surface area (Å²) in [5, 5.41) is 13.2. The quantitative estimate of drug-likeness (QED) is 0.421. The zero-order chi connectivity index (χ0) is 19.8. The molecule has 4 aromatic rings. The molecule has 7 nitrogen and oxygen atoms in total. The second-order valence-electron chi connectivity index (χ2n) is 6.23. The predicted octanol–water partition coefficient (Wildman–Crippen LogP) is 3.82. The molecule has 0 aliphatic heterocycles. The normalized spacial score (nSPS) is 11.0. The first-order chi connectivity index (χ1) is 13.4. The Kier molecular flexibility index (Phi) is 4.40. The van der Waals surface area contributed by atoms with E-state index in [2.05, 4.69) is 15.3 Å². The number of nitrogens with one attached hydrogen (secondary N) is 3. The highest BCUT2D eigenvalue weighted by atomic mass is 32.2. The standard InChI is InChI=1S/C20H15N3O4S/c1-10(24)22-11-3-2-4-12(7-11)28-13-5-6-16-14(8-13)17-15(20(26)27)9-21-18(17)19(25)23-16/h2-9,21H,1H3,(H,22,24)(H,23,25)(H,26,27). The molecule has 0 spiro atoms. The molecular formula is C20H15N3O4S. The molecule has 4 rings (SSSR count). The van der Waals surface area contributed by atoms with Gasteiger partial charge < -0.3 is 20.4 Å². The van der Waals surface area contributed by atoms with Gasteiger partial charge in [-0.15, -0.1) is 0 Å². The van der Waals surface area contributed by atoms with Crippen LogP contribution >= 0.6 is 11.8 Å². The van der Waals surface area contributed by atoms with Gasteiger partial charge in [0.15, 0.2) is 0 Å². The van der Waals surface area contributed by atoms with Gasteiger partial charge in [0, 0.05) is 44.9 Å². The molecule has 0 radical (unpaired) electrons. The fourth-order valence-corrected chi connectivity index (χ4v) is 4.03. The van der Waals surface area contributed by atoms with E-state index in [1.54, 1.807) is 12.1 Å². The van der Waals surface area contributed by atoms with E-state index in [0.717, 1.165) is 9.79 Å². The minimum Gasteiger partial charge on any atom is -0.478 e. The predicted molar refractivity (Wildman–Crippen MR) is 108 cm³/mol. The van der Waals surface area contributed by atoms with E-state index in [-0.39, 0.29) is 22.5 Å². The number of H-pyrrole nitrogens is 2. The van der Waals surface area contributed by atoms with E-state index in [9.17, 15) is 19.5 Å². The maximum absolute atomic E-state index is 12.2. The SMILES string of the molecule is CC(=O)Nc1cccc(Sc2ccc3[nH]c(=O)c4[nH]cc(C(=O)O)c4c3c2)c1. The highest BCUT2D eigenvalue weighted by Gasteiger charge is 2.16. The van der Waals surface area contributed by atoms with Gasteiger partial charge in [-0.05, 0) is 36.4 Å². The van der Waals surface area contributed by atoms with Crippen LogP contribution in [0.5, 0.6) is 0 Å². The van der Waals surface area contributed by atoms with Crippen molar-refractivity contribution in [3.63, 3.8) is 0 Å². The molecule has 2 aromatic heterocycles. The first-order valence-corrected chi connectivity index (χ1v) is 9.20. The number of aromatic amines is 2. The molecule has 2 heterocycles. The average Bonchev–Trinajstić information content (AvgIpc) is 3.08. The molecule has 2 aromatic carbocycles. The summed E-state index contributed by atoms with van der Waals surface area (Å²) in [5.41, 5.74) is 1.19. The van der Waals surface area contributed by atoms with Crippen molar-refractivity contribution in [3.05, 3.63) is 64.6 Å². The number of carbonyl (C=O) groups is 2. The number of hydrogen-bond acceptors (Lipinski definition) is 4. The number of rotatable bonds is 4. The lowest BCUT2D eigenvalue weighted by Gasteiger charge is -2.07. The summed E-state index contributed by atoms with van der Waals surface area (Å²) in [6.45, 7) is 1.45. The number of aromatic carboxylic acids is 1. The Morgan fingerprint density at radius 1 is 1.11 bits per heavy atom.